The van der Waals surface area contributed by atoms with E-state index in [4.69, 9.17) is 0 Å². The van der Waals surface area contributed by atoms with Gasteiger partial charge in [0.25, 0.3) is 0 Å². The Kier molecular flexibility index (Phi) is 5.53. The Bertz CT molecular complexity index is 247. The first-order chi connectivity index (χ1) is 7.58. The van der Waals surface area contributed by atoms with Gasteiger partial charge in [-0.25, -0.2) is 0 Å². The van der Waals surface area contributed by atoms with Gasteiger partial charge >= 0.3 is 0 Å². The number of carbonyl (C=O) groups excluding carboxylic acids is 1. The van der Waals surface area contributed by atoms with Crippen molar-refractivity contribution < 1.29 is 4.79 Å². The van der Waals surface area contributed by atoms with Gasteiger partial charge in [0.2, 0.25) is 5.91 Å². The van der Waals surface area contributed by atoms with Crippen LogP contribution in [0, 0.1) is 0 Å². The van der Waals surface area contributed by atoms with Crippen molar-refractivity contribution in [1.29, 1.82) is 0 Å². The third-order valence-electron chi connectivity index (χ3n) is 2.94. The fourth-order valence-electron chi connectivity index (χ4n) is 1.98. The van der Waals surface area contributed by atoms with E-state index in [9.17, 15) is 4.79 Å². The maximum atomic E-state index is 11.0. The van der Waals surface area contributed by atoms with E-state index >= 15 is 0 Å². The fourth-order valence-corrected chi connectivity index (χ4v) is 1.98. The molecule has 1 aliphatic heterocycles. The van der Waals surface area contributed by atoms with E-state index in [1.54, 1.807) is 0 Å². The van der Waals surface area contributed by atoms with Crippen molar-refractivity contribution in [2.45, 2.75) is 58.5 Å². The Morgan fingerprint density at radius 2 is 2.38 bits per heavy atom. The van der Waals surface area contributed by atoms with Gasteiger partial charge in [0.1, 0.15) is 0 Å². The monoisotopic (exact) mass is 224 g/mol. The molecule has 0 saturated carbocycles. The number of nitrogens with one attached hydrogen (secondary N) is 2. The third-order valence-corrected chi connectivity index (χ3v) is 2.94. The number of amides is 1. The molecular formula is C13H24N2O. The SMILES string of the molecule is CC(C)=CCCC(C)NC1CCC(=O)NC1. The highest BCUT2D eigenvalue weighted by Crippen LogP contribution is 2.07. The summed E-state index contributed by atoms with van der Waals surface area (Å²) < 4.78 is 0. The van der Waals surface area contributed by atoms with Crippen LogP contribution < -0.4 is 10.6 Å². The summed E-state index contributed by atoms with van der Waals surface area (Å²) in [7, 11) is 0. The van der Waals surface area contributed by atoms with E-state index in [0.717, 1.165) is 25.8 Å². The molecule has 0 aromatic heterocycles. The molecule has 2 unspecified atom stereocenters. The zero-order chi connectivity index (χ0) is 12.0. The molecule has 1 amide bonds. The molecule has 1 aliphatic rings. The minimum absolute atomic E-state index is 0.190. The van der Waals surface area contributed by atoms with Crippen LogP contribution in [-0.2, 0) is 4.79 Å². The highest BCUT2D eigenvalue weighted by atomic mass is 16.1. The normalized spacial score (nSPS) is 22.4. The van der Waals surface area contributed by atoms with Crippen LogP contribution in [0.25, 0.3) is 0 Å². The lowest BCUT2D eigenvalue weighted by atomic mass is 10.0. The van der Waals surface area contributed by atoms with E-state index < -0.39 is 0 Å². The summed E-state index contributed by atoms with van der Waals surface area (Å²) in [4.78, 5) is 11.0. The summed E-state index contributed by atoms with van der Waals surface area (Å²) in [5.41, 5.74) is 1.39. The highest BCUT2D eigenvalue weighted by molar-refractivity contribution is 5.76. The summed E-state index contributed by atoms with van der Waals surface area (Å²) in [6, 6.07) is 0.981. The molecule has 0 bridgehead atoms. The molecule has 1 fully saturated rings. The molecule has 3 heteroatoms. The van der Waals surface area contributed by atoms with Crippen LogP contribution in [0.2, 0.25) is 0 Å². The van der Waals surface area contributed by atoms with E-state index in [0.29, 0.717) is 18.5 Å². The molecule has 0 radical (unpaired) electrons. The third kappa shape index (κ3) is 5.31. The van der Waals surface area contributed by atoms with Gasteiger partial charge in [0.15, 0.2) is 0 Å². The van der Waals surface area contributed by atoms with Gasteiger partial charge in [0.05, 0.1) is 0 Å². The fraction of sp³-hybridized carbons (Fsp3) is 0.769. The van der Waals surface area contributed by atoms with E-state index in [-0.39, 0.29) is 5.91 Å². The molecule has 1 heterocycles. The lowest BCUT2D eigenvalue weighted by Gasteiger charge is -2.26. The molecule has 2 atom stereocenters. The van der Waals surface area contributed by atoms with Gasteiger partial charge in [0, 0.05) is 25.0 Å². The van der Waals surface area contributed by atoms with Gasteiger partial charge in [-0.15, -0.1) is 0 Å². The number of hydrogen-bond acceptors (Lipinski definition) is 2. The van der Waals surface area contributed by atoms with Crippen molar-refractivity contribution in [2.24, 2.45) is 0 Å². The number of piperidine rings is 1. The summed E-state index contributed by atoms with van der Waals surface area (Å²) in [6.45, 7) is 7.27. The number of carbonyl (C=O) groups is 1. The standard InChI is InChI=1S/C13H24N2O/c1-10(2)5-4-6-11(3)15-12-7-8-13(16)14-9-12/h5,11-12,15H,4,6-9H2,1-3H3,(H,14,16). The Morgan fingerprint density at radius 1 is 1.62 bits per heavy atom. The molecule has 0 aliphatic carbocycles. The predicted octanol–water partition coefficient (Wildman–Crippen LogP) is 1.99. The summed E-state index contributed by atoms with van der Waals surface area (Å²) in [6.07, 6.45) is 6.21. The zero-order valence-corrected chi connectivity index (χ0v) is 10.7. The second-order valence-electron chi connectivity index (χ2n) is 4.97. The van der Waals surface area contributed by atoms with Crippen molar-refractivity contribution in [3.8, 4) is 0 Å². The number of allylic oxidation sites excluding steroid dienone is 2. The van der Waals surface area contributed by atoms with Crippen LogP contribution in [0.3, 0.4) is 0 Å². The van der Waals surface area contributed by atoms with Gasteiger partial charge < -0.3 is 10.6 Å². The Balaban J connectivity index is 2.16. The summed E-state index contributed by atoms with van der Waals surface area (Å²) in [5, 5.41) is 6.47. The first-order valence-corrected chi connectivity index (χ1v) is 6.24. The largest absolute Gasteiger partial charge is 0.355 e. The average Bonchev–Trinajstić information content (AvgIpc) is 2.21. The second-order valence-corrected chi connectivity index (χ2v) is 4.97. The molecular weight excluding hydrogens is 200 g/mol. The minimum Gasteiger partial charge on any atom is -0.355 e. The van der Waals surface area contributed by atoms with Crippen LogP contribution in [0.15, 0.2) is 11.6 Å². The first-order valence-electron chi connectivity index (χ1n) is 6.24. The second kappa shape index (κ2) is 6.69. The molecule has 0 aromatic rings. The van der Waals surface area contributed by atoms with Crippen LogP contribution in [0.5, 0.6) is 0 Å². The van der Waals surface area contributed by atoms with E-state index in [2.05, 4.69) is 37.5 Å². The quantitative estimate of drug-likeness (QED) is 0.701. The summed E-state index contributed by atoms with van der Waals surface area (Å²) >= 11 is 0. The molecule has 0 aromatic carbocycles. The van der Waals surface area contributed by atoms with E-state index in [1.165, 1.54) is 5.57 Å². The van der Waals surface area contributed by atoms with Crippen LogP contribution in [-0.4, -0.2) is 24.5 Å². The Morgan fingerprint density at radius 3 is 2.94 bits per heavy atom. The van der Waals surface area contributed by atoms with Gasteiger partial charge in [-0.05, 0) is 40.0 Å². The Labute approximate surface area is 98.7 Å². The molecule has 16 heavy (non-hydrogen) atoms. The average molecular weight is 224 g/mol. The molecule has 1 rings (SSSR count). The predicted molar refractivity (Wildman–Crippen MR) is 67.3 cm³/mol. The molecule has 1 saturated heterocycles. The van der Waals surface area contributed by atoms with Gasteiger partial charge in [-0.3, -0.25) is 4.79 Å². The minimum atomic E-state index is 0.190. The molecule has 92 valence electrons. The van der Waals surface area contributed by atoms with Crippen molar-refractivity contribution in [3.63, 3.8) is 0 Å². The maximum absolute atomic E-state index is 11.0. The first kappa shape index (κ1) is 13.2. The van der Waals surface area contributed by atoms with Gasteiger partial charge in [-0.2, -0.15) is 0 Å². The number of hydrogen-bond donors (Lipinski definition) is 2. The van der Waals surface area contributed by atoms with Crippen molar-refractivity contribution in [2.75, 3.05) is 6.54 Å². The smallest absolute Gasteiger partial charge is 0.220 e. The Hall–Kier alpha value is -0.830. The molecule has 3 nitrogen and oxygen atoms in total. The van der Waals surface area contributed by atoms with Gasteiger partial charge in [-0.1, -0.05) is 11.6 Å². The molecule has 2 N–H and O–H groups in total. The lowest BCUT2D eigenvalue weighted by molar-refractivity contribution is -0.122. The molecule has 0 spiro atoms. The zero-order valence-electron chi connectivity index (χ0n) is 10.7. The van der Waals surface area contributed by atoms with Crippen LogP contribution in [0.1, 0.15) is 46.5 Å². The summed E-state index contributed by atoms with van der Waals surface area (Å²) in [5.74, 6) is 0.190. The van der Waals surface area contributed by atoms with Crippen LogP contribution in [0.4, 0.5) is 0 Å². The van der Waals surface area contributed by atoms with Crippen LogP contribution >= 0.6 is 0 Å². The lowest BCUT2D eigenvalue weighted by Crippen LogP contribution is -2.48. The number of rotatable bonds is 5. The topological polar surface area (TPSA) is 41.1 Å². The van der Waals surface area contributed by atoms with E-state index in [1.807, 2.05) is 0 Å². The van der Waals surface area contributed by atoms with Crippen molar-refractivity contribution in [3.05, 3.63) is 11.6 Å². The van der Waals surface area contributed by atoms with Crippen molar-refractivity contribution >= 4 is 5.91 Å². The van der Waals surface area contributed by atoms with Crippen molar-refractivity contribution in [1.82, 2.24) is 10.6 Å². The maximum Gasteiger partial charge on any atom is 0.220 e. The highest BCUT2D eigenvalue weighted by Gasteiger charge is 2.18.